The van der Waals surface area contributed by atoms with Crippen LogP contribution in [0.15, 0.2) is 29.3 Å². The fourth-order valence-corrected chi connectivity index (χ4v) is 3.63. The van der Waals surface area contributed by atoms with Crippen LogP contribution in [0.5, 0.6) is 0 Å². The summed E-state index contributed by atoms with van der Waals surface area (Å²) in [6.45, 7) is 9.37. The van der Waals surface area contributed by atoms with Crippen LogP contribution >= 0.6 is 24.0 Å². The Bertz CT molecular complexity index is 619. The van der Waals surface area contributed by atoms with Gasteiger partial charge in [0.1, 0.15) is 6.10 Å². The first-order chi connectivity index (χ1) is 12.7. The highest BCUT2D eigenvalue weighted by Gasteiger charge is 2.42. The van der Waals surface area contributed by atoms with Gasteiger partial charge in [0.2, 0.25) is 0 Å². The molecule has 1 saturated heterocycles. The van der Waals surface area contributed by atoms with Crippen LogP contribution in [0.1, 0.15) is 43.4 Å². The number of nitrogens with one attached hydrogen (secondary N) is 1. The summed E-state index contributed by atoms with van der Waals surface area (Å²) in [5.41, 5.74) is 2.95. The highest BCUT2D eigenvalue weighted by molar-refractivity contribution is 14.0. The first-order valence-corrected chi connectivity index (χ1v) is 9.87. The number of benzene rings is 1. The fourth-order valence-electron chi connectivity index (χ4n) is 3.63. The predicted molar refractivity (Wildman–Crippen MR) is 121 cm³/mol. The summed E-state index contributed by atoms with van der Waals surface area (Å²) in [5.74, 6) is 1.03. The van der Waals surface area contributed by atoms with Crippen LogP contribution in [0.4, 0.5) is 0 Å². The number of hydrogen-bond donors (Lipinski definition) is 1. The van der Waals surface area contributed by atoms with Crippen molar-refractivity contribution in [3.05, 3.63) is 35.4 Å². The molecule has 1 atom stereocenters. The molecule has 1 aliphatic heterocycles. The minimum absolute atomic E-state index is 0. The number of nitrogens with zero attached hydrogens (tertiary/aromatic N) is 2. The zero-order chi connectivity index (χ0) is 18.4. The predicted octanol–water partition coefficient (Wildman–Crippen LogP) is 3.77. The van der Waals surface area contributed by atoms with Crippen molar-refractivity contribution in [2.45, 2.75) is 39.2 Å². The van der Waals surface area contributed by atoms with Crippen molar-refractivity contribution in [2.75, 3.05) is 46.5 Å². The van der Waals surface area contributed by atoms with Crippen LogP contribution in [-0.4, -0.2) is 57.4 Å². The fraction of sp³-hybridized carbons (Fsp3) is 0.667. The lowest BCUT2D eigenvalue weighted by Gasteiger charge is -2.36. The number of ether oxygens (including phenoxy) is 2. The zero-order valence-corrected chi connectivity index (χ0v) is 19.2. The molecule has 0 aromatic heterocycles. The second-order valence-corrected chi connectivity index (χ2v) is 7.58. The van der Waals surface area contributed by atoms with Crippen molar-refractivity contribution >= 4 is 29.9 Å². The molecule has 1 saturated carbocycles. The highest BCUT2D eigenvalue weighted by atomic mass is 127. The van der Waals surface area contributed by atoms with Gasteiger partial charge in [0.15, 0.2) is 5.96 Å². The maximum atomic E-state index is 6.07. The molecule has 1 heterocycles. The molecule has 27 heavy (non-hydrogen) atoms. The Morgan fingerprint density at radius 2 is 2.15 bits per heavy atom. The van der Waals surface area contributed by atoms with E-state index in [2.05, 4.69) is 48.3 Å². The first kappa shape index (κ1) is 22.4. The molecule has 0 radical (unpaired) electrons. The summed E-state index contributed by atoms with van der Waals surface area (Å²) >= 11 is 0. The molecule has 152 valence electrons. The second kappa shape index (κ2) is 10.6. The maximum Gasteiger partial charge on any atom is 0.194 e. The van der Waals surface area contributed by atoms with Gasteiger partial charge in [-0.2, -0.15) is 0 Å². The van der Waals surface area contributed by atoms with Crippen LogP contribution in [-0.2, 0) is 9.47 Å². The van der Waals surface area contributed by atoms with Gasteiger partial charge >= 0.3 is 0 Å². The third-order valence-electron chi connectivity index (χ3n) is 5.59. The summed E-state index contributed by atoms with van der Waals surface area (Å²) in [5, 5.41) is 3.48. The van der Waals surface area contributed by atoms with E-state index in [1.807, 2.05) is 0 Å². The Morgan fingerprint density at radius 3 is 2.81 bits per heavy atom. The minimum atomic E-state index is 0. The Labute approximate surface area is 180 Å². The second-order valence-electron chi connectivity index (χ2n) is 7.58. The van der Waals surface area contributed by atoms with Crippen molar-refractivity contribution in [3.8, 4) is 0 Å². The summed E-state index contributed by atoms with van der Waals surface area (Å²) in [7, 11) is 1.78. The Hall–Kier alpha value is -0.860. The lowest BCUT2D eigenvalue weighted by atomic mass is 10.0. The van der Waals surface area contributed by atoms with Crippen molar-refractivity contribution in [3.63, 3.8) is 0 Å². The number of rotatable bonds is 7. The SMILES string of the molecule is CCNC(=NCC1(CCOC)CC1)N1CCOC(c2ccccc2C)C1.I. The highest BCUT2D eigenvalue weighted by Crippen LogP contribution is 2.49. The van der Waals surface area contributed by atoms with E-state index < -0.39 is 0 Å². The number of aliphatic imine (C=N–C) groups is 1. The Balaban J connectivity index is 0.00000261. The van der Waals surface area contributed by atoms with E-state index in [4.69, 9.17) is 14.5 Å². The standard InChI is InChI=1S/C21H33N3O2.HI/c1-4-22-20(23-16-21(9-10-21)11-13-25-3)24-12-14-26-19(15-24)18-8-6-5-7-17(18)2;/h5-8,19H,4,9-16H2,1-3H3,(H,22,23);1H. The van der Waals surface area contributed by atoms with Gasteiger partial charge < -0.3 is 19.7 Å². The zero-order valence-electron chi connectivity index (χ0n) is 16.9. The van der Waals surface area contributed by atoms with Gasteiger partial charge in [0.25, 0.3) is 0 Å². The topological polar surface area (TPSA) is 46.1 Å². The molecule has 2 fully saturated rings. The summed E-state index contributed by atoms with van der Waals surface area (Å²) in [6, 6.07) is 8.51. The number of methoxy groups -OCH3 is 1. The quantitative estimate of drug-likeness (QED) is 0.362. The van der Waals surface area contributed by atoms with Crippen molar-refractivity contribution in [1.29, 1.82) is 0 Å². The van der Waals surface area contributed by atoms with Crippen molar-refractivity contribution < 1.29 is 9.47 Å². The molecule has 0 amide bonds. The molecule has 2 aliphatic rings. The van der Waals surface area contributed by atoms with E-state index in [9.17, 15) is 0 Å². The van der Waals surface area contributed by atoms with Gasteiger partial charge in [-0.1, -0.05) is 24.3 Å². The first-order valence-electron chi connectivity index (χ1n) is 9.87. The van der Waals surface area contributed by atoms with E-state index in [-0.39, 0.29) is 30.1 Å². The van der Waals surface area contributed by atoms with E-state index in [0.29, 0.717) is 5.41 Å². The third kappa shape index (κ3) is 6.06. The van der Waals surface area contributed by atoms with Crippen LogP contribution < -0.4 is 5.32 Å². The molecule has 5 nitrogen and oxygen atoms in total. The van der Waals surface area contributed by atoms with Gasteiger partial charge in [-0.15, -0.1) is 24.0 Å². The molecule has 3 rings (SSSR count). The molecule has 6 heteroatoms. The monoisotopic (exact) mass is 487 g/mol. The maximum absolute atomic E-state index is 6.07. The van der Waals surface area contributed by atoms with Crippen LogP contribution in [0, 0.1) is 12.3 Å². The molecular weight excluding hydrogens is 453 g/mol. The van der Waals surface area contributed by atoms with E-state index in [1.54, 1.807) is 7.11 Å². The van der Waals surface area contributed by atoms with Crippen LogP contribution in [0.2, 0.25) is 0 Å². The molecule has 0 spiro atoms. The molecule has 1 aromatic carbocycles. The number of halogens is 1. The van der Waals surface area contributed by atoms with Gasteiger partial charge in [0, 0.05) is 33.4 Å². The van der Waals surface area contributed by atoms with Gasteiger partial charge in [-0.25, -0.2) is 0 Å². The van der Waals surface area contributed by atoms with Crippen molar-refractivity contribution in [1.82, 2.24) is 10.2 Å². The minimum Gasteiger partial charge on any atom is -0.385 e. The molecule has 1 unspecified atom stereocenters. The smallest absolute Gasteiger partial charge is 0.194 e. The lowest BCUT2D eigenvalue weighted by molar-refractivity contribution is -0.00836. The van der Waals surface area contributed by atoms with Gasteiger partial charge in [-0.05, 0) is 49.7 Å². The number of guanidine groups is 1. The normalized spacial score (nSPS) is 21.5. The molecule has 1 aliphatic carbocycles. The Morgan fingerprint density at radius 1 is 1.37 bits per heavy atom. The lowest BCUT2D eigenvalue weighted by Crippen LogP contribution is -2.48. The molecule has 1 aromatic rings. The van der Waals surface area contributed by atoms with Crippen molar-refractivity contribution in [2.24, 2.45) is 10.4 Å². The summed E-state index contributed by atoms with van der Waals surface area (Å²) < 4.78 is 11.3. The Kier molecular flexibility index (Phi) is 8.82. The number of hydrogen-bond acceptors (Lipinski definition) is 3. The average Bonchev–Trinajstić information content (AvgIpc) is 3.44. The van der Waals surface area contributed by atoms with Crippen LogP contribution in [0.25, 0.3) is 0 Å². The number of aryl methyl sites for hydroxylation is 1. The largest absolute Gasteiger partial charge is 0.385 e. The molecule has 1 N–H and O–H groups in total. The van der Waals surface area contributed by atoms with E-state index >= 15 is 0 Å². The third-order valence-corrected chi connectivity index (χ3v) is 5.59. The van der Waals surface area contributed by atoms with Gasteiger partial charge in [0.05, 0.1) is 13.2 Å². The van der Waals surface area contributed by atoms with E-state index in [0.717, 1.165) is 51.8 Å². The molecule has 0 bridgehead atoms. The number of morpholine rings is 1. The van der Waals surface area contributed by atoms with Crippen LogP contribution in [0.3, 0.4) is 0 Å². The average molecular weight is 487 g/mol. The summed E-state index contributed by atoms with van der Waals surface area (Å²) in [4.78, 5) is 7.35. The van der Waals surface area contributed by atoms with Gasteiger partial charge in [-0.3, -0.25) is 4.99 Å². The summed E-state index contributed by atoms with van der Waals surface area (Å²) in [6.07, 6.45) is 3.77. The van der Waals surface area contributed by atoms with E-state index in [1.165, 1.54) is 24.0 Å². The molecular formula is C21H34IN3O2.